The van der Waals surface area contributed by atoms with E-state index < -0.39 is 0 Å². The molecule has 1 aliphatic rings. The summed E-state index contributed by atoms with van der Waals surface area (Å²) in [4.78, 5) is 27.2. The zero-order valence-corrected chi connectivity index (χ0v) is 21.8. The average Bonchev–Trinajstić information content (AvgIpc) is 3.38. The normalized spacial score (nSPS) is 14.7. The van der Waals surface area contributed by atoms with Crippen LogP contribution < -0.4 is 5.32 Å². The van der Waals surface area contributed by atoms with Crippen molar-refractivity contribution >= 4 is 86.0 Å². The lowest BCUT2D eigenvalue weighted by Gasteiger charge is -2.13. The van der Waals surface area contributed by atoms with Crippen LogP contribution in [0.1, 0.15) is 24.0 Å². The summed E-state index contributed by atoms with van der Waals surface area (Å²) < 4.78 is 1.28. The van der Waals surface area contributed by atoms with Gasteiger partial charge in [-0.15, -0.1) is 10.2 Å². The Bertz CT molecular complexity index is 1220. The Morgan fingerprint density at radius 2 is 1.91 bits per heavy atom. The molecule has 4 rings (SSSR count). The second kappa shape index (κ2) is 11.9. The van der Waals surface area contributed by atoms with Crippen molar-refractivity contribution in [3.8, 4) is 0 Å². The third-order valence-electron chi connectivity index (χ3n) is 4.68. The predicted molar refractivity (Wildman–Crippen MR) is 145 cm³/mol. The molecule has 2 heterocycles. The molecule has 34 heavy (non-hydrogen) atoms. The van der Waals surface area contributed by atoms with Gasteiger partial charge in [-0.1, -0.05) is 101 Å². The Morgan fingerprint density at radius 1 is 1.15 bits per heavy atom. The monoisotopic (exact) mass is 546 g/mol. The first kappa shape index (κ1) is 24.9. The Hall–Kier alpha value is -2.24. The lowest BCUT2D eigenvalue weighted by atomic mass is 10.2. The van der Waals surface area contributed by atoms with Gasteiger partial charge in [-0.05, 0) is 35.8 Å². The van der Waals surface area contributed by atoms with Crippen molar-refractivity contribution in [1.82, 2.24) is 15.1 Å². The number of carbonyl (C=O) groups excluding carboxylic acids is 2. The number of hydrogen-bond donors (Lipinski definition) is 1. The van der Waals surface area contributed by atoms with Gasteiger partial charge in [-0.25, -0.2) is 0 Å². The summed E-state index contributed by atoms with van der Waals surface area (Å²) in [7, 11) is 0. The van der Waals surface area contributed by atoms with E-state index in [0.717, 1.165) is 21.2 Å². The molecule has 0 saturated carbocycles. The van der Waals surface area contributed by atoms with Gasteiger partial charge in [0.15, 0.2) is 4.34 Å². The Labute approximate surface area is 220 Å². The van der Waals surface area contributed by atoms with Crippen molar-refractivity contribution in [1.29, 1.82) is 0 Å². The first-order valence-electron chi connectivity index (χ1n) is 10.3. The fourth-order valence-electron chi connectivity index (χ4n) is 3.02. The standard InChI is InChI=1S/C23H19ClN4O2S4/c24-17-10-8-16(9-11-17)14-32-22-27-26-21(34-22)25-19(29)7-4-12-28-20(30)18(33-23(28)31)13-15-5-2-1-3-6-15/h1-3,5-6,8-11,13H,4,7,12,14H2,(H,25,26,29)/b18-13-. The summed E-state index contributed by atoms with van der Waals surface area (Å²) in [6.45, 7) is 0.391. The Morgan fingerprint density at radius 3 is 2.68 bits per heavy atom. The summed E-state index contributed by atoms with van der Waals surface area (Å²) in [5, 5.41) is 12.1. The zero-order valence-electron chi connectivity index (χ0n) is 17.8. The van der Waals surface area contributed by atoms with Crippen LogP contribution in [-0.4, -0.2) is 37.8 Å². The molecular formula is C23H19ClN4O2S4. The molecule has 1 N–H and O–H groups in total. The quantitative estimate of drug-likeness (QED) is 0.150. The molecule has 0 radical (unpaired) electrons. The smallest absolute Gasteiger partial charge is 0.266 e. The zero-order chi connectivity index (χ0) is 23.9. The van der Waals surface area contributed by atoms with Crippen LogP contribution in [0, 0.1) is 0 Å². The van der Waals surface area contributed by atoms with E-state index in [2.05, 4.69) is 15.5 Å². The number of anilines is 1. The fraction of sp³-hybridized carbons (Fsp3) is 0.174. The first-order valence-corrected chi connectivity index (χ1v) is 13.7. The third-order valence-corrected chi connectivity index (χ3v) is 8.36. The fourth-order valence-corrected chi connectivity index (χ4v) is 6.18. The minimum absolute atomic E-state index is 0.120. The molecular weight excluding hydrogens is 528 g/mol. The molecule has 3 aromatic rings. The van der Waals surface area contributed by atoms with Crippen molar-refractivity contribution in [2.45, 2.75) is 22.9 Å². The number of thiocarbonyl (C=S) groups is 1. The Balaban J connectivity index is 1.21. The maximum absolute atomic E-state index is 12.7. The van der Waals surface area contributed by atoms with Crippen LogP contribution in [0.4, 0.5) is 5.13 Å². The summed E-state index contributed by atoms with van der Waals surface area (Å²) in [5.41, 5.74) is 2.08. The van der Waals surface area contributed by atoms with Crippen LogP contribution in [-0.2, 0) is 15.3 Å². The summed E-state index contributed by atoms with van der Waals surface area (Å²) >= 11 is 15.4. The highest BCUT2D eigenvalue weighted by molar-refractivity contribution is 8.26. The van der Waals surface area contributed by atoms with E-state index in [1.165, 1.54) is 23.1 Å². The highest BCUT2D eigenvalue weighted by Gasteiger charge is 2.31. The summed E-state index contributed by atoms with van der Waals surface area (Å²) in [6.07, 6.45) is 2.58. The third kappa shape index (κ3) is 6.89. The maximum Gasteiger partial charge on any atom is 0.266 e. The molecule has 1 saturated heterocycles. The first-order chi connectivity index (χ1) is 16.5. The highest BCUT2D eigenvalue weighted by atomic mass is 35.5. The van der Waals surface area contributed by atoms with Gasteiger partial charge < -0.3 is 5.32 Å². The molecule has 174 valence electrons. The molecule has 0 atom stereocenters. The second-order valence-corrected chi connectivity index (χ2v) is 11.5. The molecule has 6 nitrogen and oxygen atoms in total. The topological polar surface area (TPSA) is 75.2 Å². The van der Waals surface area contributed by atoms with Gasteiger partial charge in [0.2, 0.25) is 11.0 Å². The van der Waals surface area contributed by atoms with E-state index in [0.29, 0.717) is 32.3 Å². The number of benzene rings is 2. The molecule has 0 aliphatic carbocycles. The molecule has 2 amide bonds. The van der Waals surface area contributed by atoms with Crippen LogP contribution in [0.3, 0.4) is 0 Å². The number of carbonyl (C=O) groups is 2. The SMILES string of the molecule is O=C(CCCN1C(=O)/C(=C/c2ccccc2)SC1=S)Nc1nnc(SCc2ccc(Cl)cc2)s1. The minimum Gasteiger partial charge on any atom is -0.301 e. The van der Waals surface area contributed by atoms with Gasteiger partial charge in [0.05, 0.1) is 4.91 Å². The van der Waals surface area contributed by atoms with Gasteiger partial charge >= 0.3 is 0 Å². The number of thioether (sulfide) groups is 2. The number of halogens is 1. The molecule has 1 fully saturated rings. The number of rotatable bonds is 9. The van der Waals surface area contributed by atoms with E-state index in [1.54, 1.807) is 16.7 Å². The highest BCUT2D eigenvalue weighted by Crippen LogP contribution is 2.33. The van der Waals surface area contributed by atoms with Crippen LogP contribution in [0.5, 0.6) is 0 Å². The van der Waals surface area contributed by atoms with E-state index in [-0.39, 0.29) is 18.2 Å². The van der Waals surface area contributed by atoms with Crippen molar-refractivity contribution in [3.05, 3.63) is 75.7 Å². The summed E-state index contributed by atoms with van der Waals surface area (Å²) in [5.74, 6) is 0.448. The van der Waals surface area contributed by atoms with Crippen molar-refractivity contribution in [3.63, 3.8) is 0 Å². The van der Waals surface area contributed by atoms with E-state index in [1.807, 2.05) is 60.7 Å². The number of amides is 2. The molecule has 1 aliphatic heterocycles. The maximum atomic E-state index is 12.7. The Kier molecular flexibility index (Phi) is 8.74. The van der Waals surface area contributed by atoms with Crippen molar-refractivity contribution < 1.29 is 9.59 Å². The molecule has 0 bridgehead atoms. The number of aromatic nitrogens is 2. The van der Waals surface area contributed by atoms with Crippen LogP contribution in [0.2, 0.25) is 5.02 Å². The van der Waals surface area contributed by atoms with Crippen LogP contribution in [0.25, 0.3) is 6.08 Å². The number of nitrogens with zero attached hydrogens (tertiary/aromatic N) is 3. The van der Waals surface area contributed by atoms with E-state index in [4.69, 9.17) is 23.8 Å². The average molecular weight is 547 g/mol. The minimum atomic E-state index is -0.171. The molecule has 0 unspecified atom stereocenters. The van der Waals surface area contributed by atoms with Crippen molar-refractivity contribution in [2.24, 2.45) is 0 Å². The predicted octanol–water partition coefficient (Wildman–Crippen LogP) is 6.10. The van der Waals surface area contributed by atoms with Gasteiger partial charge in [0.25, 0.3) is 5.91 Å². The van der Waals surface area contributed by atoms with Crippen LogP contribution in [0.15, 0.2) is 63.8 Å². The lowest BCUT2D eigenvalue weighted by molar-refractivity contribution is -0.122. The van der Waals surface area contributed by atoms with Gasteiger partial charge in [0.1, 0.15) is 4.32 Å². The van der Waals surface area contributed by atoms with Gasteiger partial charge in [0, 0.05) is 23.7 Å². The molecule has 11 heteroatoms. The molecule has 1 aromatic heterocycles. The molecule has 0 spiro atoms. The summed E-state index contributed by atoms with van der Waals surface area (Å²) in [6, 6.07) is 17.3. The number of nitrogens with one attached hydrogen (secondary N) is 1. The second-order valence-electron chi connectivity index (χ2n) is 7.18. The van der Waals surface area contributed by atoms with Crippen molar-refractivity contribution in [2.75, 3.05) is 11.9 Å². The van der Waals surface area contributed by atoms with E-state index >= 15 is 0 Å². The largest absolute Gasteiger partial charge is 0.301 e. The van der Waals surface area contributed by atoms with Gasteiger partial charge in [-0.3, -0.25) is 14.5 Å². The van der Waals surface area contributed by atoms with Gasteiger partial charge in [-0.2, -0.15) is 0 Å². The van der Waals surface area contributed by atoms with E-state index in [9.17, 15) is 9.59 Å². The lowest BCUT2D eigenvalue weighted by Crippen LogP contribution is -2.29. The number of hydrogen-bond acceptors (Lipinski definition) is 8. The van der Waals surface area contributed by atoms with Crippen LogP contribution >= 0.6 is 58.7 Å². The molecule has 2 aromatic carbocycles.